The van der Waals surface area contributed by atoms with E-state index >= 15 is 0 Å². The summed E-state index contributed by atoms with van der Waals surface area (Å²) in [6.07, 6.45) is -0.494. The zero-order valence-electron chi connectivity index (χ0n) is 17.4. The highest BCUT2D eigenvalue weighted by molar-refractivity contribution is 7.80. The summed E-state index contributed by atoms with van der Waals surface area (Å²) in [6, 6.07) is -4.62. The quantitative estimate of drug-likeness (QED) is 0.139. The minimum Gasteiger partial charge on any atom is -0.481 e. The van der Waals surface area contributed by atoms with Gasteiger partial charge in [0.15, 0.2) is 0 Å². The van der Waals surface area contributed by atoms with Crippen LogP contribution in [0.2, 0.25) is 0 Å². The maximum atomic E-state index is 12.8. The summed E-state index contributed by atoms with van der Waals surface area (Å²) < 4.78 is 0. The predicted octanol–water partition coefficient (Wildman–Crippen LogP) is -2.58. The van der Waals surface area contributed by atoms with Gasteiger partial charge < -0.3 is 37.2 Å². The Bertz CT molecular complexity index is 749. The molecule has 0 radical (unpaired) electrons. The second-order valence-corrected chi connectivity index (χ2v) is 7.74. The van der Waals surface area contributed by atoms with Gasteiger partial charge in [0, 0.05) is 25.1 Å². The first-order chi connectivity index (χ1) is 15.0. The molecule has 0 aromatic carbocycles. The van der Waals surface area contributed by atoms with Gasteiger partial charge in [-0.2, -0.15) is 12.6 Å². The molecule has 0 aliphatic carbocycles. The van der Waals surface area contributed by atoms with E-state index in [0.717, 1.165) is 0 Å². The Morgan fingerprint density at radius 1 is 1.03 bits per heavy atom. The molecule has 1 fully saturated rings. The van der Waals surface area contributed by atoms with E-state index in [1.54, 1.807) is 0 Å². The van der Waals surface area contributed by atoms with Gasteiger partial charge in [-0.25, -0.2) is 4.79 Å². The molecular formula is C18H29N5O8S. The van der Waals surface area contributed by atoms with Crippen LogP contribution in [0.5, 0.6) is 0 Å². The Morgan fingerprint density at radius 3 is 2.19 bits per heavy atom. The number of carbonyl (C=O) groups is 6. The van der Waals surface area contributed by atoms with Crippen LogP contribution in [-0.2, 0) is 28.8 Å². The molecule has 0 bridgehead atoms. The number of amides is 4. The molecule has 4 unspecified atom stereocenters. The summed E-state index contributed by atoms with van der Waals surface area (Å²) in [5.41, 5.74) is 10.8. The molecule has 32 heavy (non-hydrogen) atoms. The summed E-state index contributed by atoms with van der Waals surface area (Å²) >= 11 is 3.98. The Labute approximate surface area is 189 Å². The molecule has 4 atom stereocenters. The number of hydrogen-bond donors (Lipinski definition) is 7. The van der Waals surface area contributed by atoms with E-state index in [2.05, 4.69) is 23.3 Å². The first kappa shape index (κ1) is 27.2. The van der Waals surface area contributed by atoms with Crippen LogP contribution >= 0.6 is 12.6 Å². The van der Waals surface area contributed by atoms with Crippen LogP contribution in [0.25, 0.3) is 0 Å². The van der Waals surface area contributed by atoms with Gasteiger partial charge in [-0.3, -0.25) is 24.0 Å². The Morgan fingerprint density at radius 2 is 1.66 bits per heavy atom. The largest absolute Gasteiger partial charge is 0.481 e. The van der Waals surface area contributed by atoms with Crippen molar-refractivity contribution in [2.45, 2.75) is 62.7 Å². The number of likely N-dealkylation sites (tertiary alicyclic amines) is 1. The maximum absolute atomic E-state index is 12.8. The molecule has 8 N–H and O–H groups in total. The van der Waals surface area contributed by atoms with Crippen molar-refractivity contribution in [3.8, 4) is 0 Å². The zero-order chi connectivity index (χ0) is 24.4. The number of hydrogen-bond acceptors (Lipinski definition) is 8. The molecule has 1 saturated heterocycles. The number of primary amides is 1. The number of aliphatic carboxylic acids is 2. The lowest BCUT2D eigenvalue weighted by Gasteiger charge is -2.28. The van der Waals surface area contributed by atoms with Crippen molar-refractivity contribution in [3.05, 3.63) is 0 Å². The van der Waals surface area contributed by atoms with E-state index in [9.17, 15) is 33.9 Å². The van der Waals surface area contributed by atoms with Gasteiger partial charge in [-0.15, -0.1) is 0 Å². The average Bonchev–Trinajstić information content (AvgIpc) is 3.21. The normalized spacial score (nSPS) is 18.3. The minimum atomic E-state index is -1.51. The summed E-state index contributed by atoms with van der Waals surface area (Å²) in [4.78, 5) is 72.4. The highest BCUT2D eigenvalue weighted by atomic mass is 32.1. The molecule has 1 aliphatic rings. The molecule has 0 saturated carbocycles. The van der Waals surface area contributed by atoms with Crippen LogP contribution < -0.4 is 22.1 Å². The molecule has 180 valence electrons. The van der Waals surface area contributed by atoms with Crippen molar-refractivity contribution in [1.29, 1.82) is 0 Å². The van der Waals surface area contributed by atoms with E-state index in [-0.39, 0.29) is 25.0 Å². The molecule has 0 aromatic rings. The van der Waals surface area contributed by atoms with E-state index in [0.29, 0.717) is 19.4 Å². The number of thiol groups is 1. The Kier molecular flexibility index (Phi) is 10.9. The third-order valence-corrected chi connectivity index (χ3v) is 5.32. The lowest BCUT2D eigenvalue weighted by atomic mass is 10.1. The van der Waals surface area contributed by atoms with Crippen LogP contribution in [0.1, 0.15) is 38.5 Å². The summed E-state index contributed by atoms with van der Waals surface area (Å²) in [5.74, 6) is -5.39. The van der Waals surface area contributed by atoms with Crippen LogP contribution in [-0.4, -0.2) is 87.1 Å². The number of nitrogens with one attached hydrogen (secondary N) is 2. The monoisotopic (exact) mass is 475 g/mol. The molecule has 0 aromatic heterocycles. The van der Waals surface area contributed by atoms with Crippen molar-refractivity contribution in [2.24, 2.45) is 11.5 Å². The molecule has 0 spiro atoms. The number of carboxylic acid groups (broad SMARTS) is 2. The summed E-state index contributed by atoms with van der Waals surface area (Å²) in [5, 5.41) is 22.6. The fourth-order valence-electron chi connectivity index (χ4n) is 3.21. The van der Waals surface area contributed by atoms with Crippen molar-refractivity contribution < 1.29 is 39.0 Å². The first-order valence-electron chi connectivity index (χ1n) is 9.98. The van der Waals surface area contributed by atoms with Gasteiger partial charge in [0.05, 0.1) is 6.04 Å². The Balaban J connectivity index is 2.93. The summed E-state index contributed by atoms with van der Waals surface area (Å²) in [7, 11) is 0. The van der Waals surface area contributed by atoms with Crippen molar-refractivity contribution >= 4 is 48.2 Å². The highest BCUT2D eigenvalue weighted by Gasteiger charge is 2.37. The molecule has 14 heteroatoms. The molecular weight excluding hydrogens is 446 g/mol. The summed E-state index contributed by atoms with van der Waals surface area (Å²) in [6.45, 7) is 0.298. The van der Waals surface area contributed by atoms with Crippen molar-refractivity contribution in [3.63, 3.8) is 0 Å². The number of carboxylic acids is 2. The van der Waals surface area contributed by atoms with Crippen LogP contribution in [0, 0.1) is 0 Å². The van der Waals surface area contributed by atoms with E-state index in [1.807, 2.05) is 0 Å². The van der Waals surface area contributed by atoms with E-state index in [1.165, 1.54) is 4.90 Å². The molecule has 1 aliphatic heterocycles. The number of rotatable bonds is 13. The number of carbonyl (C=O) groups excluding carboxylic acids is 4. The molecule has 1 rings (SSSR count). The zero-order valence-corrected chi connectivity index (χ0v) is 18.3. The first-order valence-corrected chi connectivity index (χ1v) is 10.6. The van der Waals surface area contributed by atoms with Gasteiger partial charge >= 0.3 is 11.9 Å². The van der Waals surface area contributed by atoms with Gasteiger partial charge in [-0.05, 0) is 25.7 Å². The lowest BCUT2D eigenvalue weighted by Crippen LogP contribution is -2.57. The van der Waals surface area contributed by atoms with E-state index < -0.39 is 66.2 Å². The standard InChI is InChI=1S/C18H29N5O8S/c19-9(8-32)17(29)23-7-1-2-12(23)16(28)21-10(3-5-13(20)24)15(27)22-11(18(30)31)4-6-14(25)26/h9-12,32H,1-8,19H2,(H2,20,24)(H,21,28)(H,22,27)(H,25,26)(H,30,31). The smallest absolute Gasteiger partial charge is 0.326 e. The average molecular weight is 476 g/mol. The third-order valence-electron chi connectivity index (χ3n) is 4.93. The van der Waals surface area contributed by atoms with Gasteiger partial charge in [0.1, 0.15) is 18.1 Å². The molecule has 4 amide bonds. The second kappa shape index (κ2) is 12.9. The van der Waals surface area contributed by atoms with Crippen LogP contribution in [0.4, 0.5) is 0 Å². The van der Waals surface area contributed by atoms with Crippen molar-refractivity contribution in [1.82, 2.24) is 15.5 Å². The van der Waals surface area contributed by atoms with Gasteiger partial charge in [0.2, 0.25) is 23.6 Å². The predicted molar refractivity (Wildman–Crippen MR) is 113 cm³/mol. The second-order valence-electron chi connectivity index (χ2n) is 7.38. The number of nitrogens with two attached hydrogens (primary N) is 2. The SMILES string of the molecule is NC(=O)CCC(NC(=O)C1CCCN1C(=O)C(N)CS)C(=O)NC(CCC(=O)O)C(=O)O. The fraction of sp³-hybridized carbons (Fsp3) is 0.667. The van der Waals surface area contributed by atoms with Crippen LogP contribution in [0.3, 0.4) is 0 Å². The third kappa shape index (κ3) is 8.34. The minimum absolute atomic E-state index is 0.0836. The van der Waals surface area contributed by atoms with Crippen molar-refractivity contribution in [2.75, 3.05) is 12.3 Å². The highest BCUT2D eigenvalue weighted by Crippen LogP contribution is 2.19. The lowest BCUT2D eigenvalue weighted by molar-refractivity contribution is -0.144. The fourth-order valence-corrected chi connectivity index (χ4v) is 3.37. The topological polar surface area (TPSA) is 222 Å². The van der Waals surface area contributed by atoms with Crippen LogP contribution in [0.15, 0.2) is 0 Å². The molecule has 1 heterocycles. The maximum Gasteiger partial charge on any atom is 0.326 e. The molecule has 13 nitrogen and oxygen atoms in total. The van der Waals surface area contributed by atoms with Gasteiger partial charge in [0.25, 0.3) is 0 Å². The number of nitrogens with zero attached hydrogens (tertiary/aromatic N) is 1. The van der Waals surface area contributed by atoms with Gasteiger partial charge in [-0.1, -0.05) is 0 Å². The Hall–Kier alpha value is -2.87. The van der Waals surface area contributed by atoms with E-state index in [4.69, 9.17) is 16.6 Å².